The predicted octanol–water partition coefficient (Wildman–Crippen LogP) is 0.596. The van der Waals surface area contributed by atoms with Crippen LogP contribution in [0.4, 0.5) is 4.79 Å². The zero-order valence-electron chi connectivity index (χ0n) is 17.1. The van der Waals surface area contributed by atoms with E-state index in [0.717, 1.165) is 22.3 Å². The topological polar surface area (TPSA) is 157 Å². The normalized spacial score (nSPS) is 12.9. The number of hydrogen-bond acceptors (Lipinski definition) is 6. The minimum absolute atomic E-state index is 0.0332. The highest BCUT2D eigenvalue weighted by Crippen LogP contribution is 2.44. The van der Waals surface area contributed by atoms with E-state index >= 15 is 0 Å². The number of primary amides is 1. The molecule has 10 heteroatoms. The summed E-state index contributed by atoms with van der Waals surface area (Å²) in [6, 6.07) is 14.4. The molecule has 2 aromatic carbocycles. The minimum atomic E-state index is -1.27. The SMILES string of the molecule is NC(=O)CNC(=O)C(COCC(=O)O)NC(=O)OCC1c2ccccc2-c2ccccc21. The summed E-state index contributed by atoms with van der Waals surface area (Å²) in [5.74, 6) is -2.94. The summed E-state index contributed by atoms with van der Waals surface area (Å²) in [7, 11) is 0. The molecule has 3 amide bonds. The van der Waals surface area contributed by atoms with Gasteiger partial charge in [-0.1, -0.05) is 48.5 Å². The van der Waals surface area contributed by atoms with E-state index in [4.69, 9.17) is 20.3 Å². The third-order valence-corrected chi connectivity index (χ3v) is 4.90. The van der Waals surface area contributed by atoms with E-state index in [1.165, 1.54) is 0 Å². The Kier molecular flexibility index (Phi) is 7.40. The van der Waals surface area contributed by atoms with Crippen molar-refractivity contribution in [3.63, 3.8) is 0 Å². The van der Waals surface area contributed by atoms with Crippen molar-refractivity contribution >= 4 is 23.9 Å². The maximum absolute atomic E-state index is 12.4. The number of carbonyl (C=O) groups excluding carboxylic acids is 3. The van der Waals surface area contributed by atoms with Crippen molar-refractivity contribution in [1.29, 1.82) is 0 Å². The first-order chi connectivity index (χ1) is 15.4. The monoisotopic (exact) mass is 441 g/mol. The fourth-order valence-electron chi connectivity index (χ4n) is 3.53. The van der Waals surface area contributed by atoms with Gasteiger partial charge >= 0.3 is 12.1 Å². The van der Waals surface area contributed by atoms with E-state index in [9.17, 15) is 19.2 Å². The number of hydrogen-bond donors (Lipinski definition) is 4. The van der Waals surface area contributed by atoms with Gasteiger partial charge in [0, 0.05) is 5.92 Å². The van der Waals surface area contributed by atoms with Gasteiger partial charge in [0.25, 0.3) is 0 Å². The summed E-state index contributed by atoms with van der Waals surface area (Å²) >= 11 is 0. The van der Waals surface area contributed by atoms with Crippen LogP contribution in [0.2, 0.25) is 0 Å². The zero-order valence-corrected chi connectivity index (χ0v) is 17.1. The maximum atomic E-state index is 12.4. The fourth-order valence-corrected chi connectivity index (χ4v) is 3.53. The number of nitrogens with one attached hydrogen (secondary N) is 2. The number of carboxylic acids is 1. The molecule has 5 N–H and O–H groups in total. The van der Waals surface area contributed by atoms with E-state index < -0.39 is 49.7 Å². The Balaban J connectivity index is 1.63. The Labute approximate surface area is 183 Å². The molecule has 0 radical (unpaired) electrons. The molecule has 3 rings (SSSR count). The lowest BCUT2D eigenvalue weighted by Crippen LogP contribution is -2.51. The number of alkyl carbamates (subject to hydrolysis) is 1. The molecule has 0 bridgehead atoms. The highest BCUT2D eigenvalue weighted by molar-refractivity contribution is 5.89. The third-order valence-electron chi connectivity index (χ3n) is 4.90. The van der Waals surface area contributed by atoms with Gasteiger partial charge in [0.15, 0.2) is 0 Å². The van der Waals surface area contributed by atoms with Gasteiger partial charge in [-0.15, -0.1) is 0 Å². The number of carboxylic acid groups (broad SMARTS) is 1. The van der Waals surface area contributed by atoms with Gasteiger partial charge in [0.05, 0.1) is 13.2 Å². The molecule has 0 fully saturated rings. The molecule has 0 saturated heterocycles. The first-order valence-electron chi connectivity index (χ1n) is 9.84. The van der Waals surface area contributed by atoms with Gasteiger partial charge in [0.1, 0.15) is 19.3 Å². The third kappa shape index (κ3) is 5.61. The van der Waals surface area contributed by atoms with E-state index in [0.29, 0.717) is 0 Å². The number of carbonyl (C=O) groups is 4. The number of nitrogens with two attached hydrogens (primary N) is 1. The maximum Gasteiger partial charge on any atom is 0.407 e. The summed E-state index contributed by atoms with van der Waals surface area (Å²) in [5.41, 5.74) is 9.21. The molecule has 32 heavy (non-hydrogen) atoms. The molecular weight excluding hydrogens is 418 g/mol. The molecule has 1 atom stereocenters. The molecule has 1 aliphatic rings. The van der Waals surface area contributed by atoms with Gasteiger partial charge < -0.3 is 30.9 Å². The Morgan fingerprint density at radius 3 is 2.16 bits per heavy atom. The molecule has 1 aliphatic carbocycles. The molecule has 0 heterocycles. The smallest absolute Gasteiger partial charge is 0.407 e. The lowest BCUT2D eigenvalue weighted by Gasteiger charge is -2.19. The van der Waals surface area contributed by atoms with Crippen molar-refractivity contribution in [2.75, 3.05) is 26.4 Å². The first kappa shape index (κ1) is 22.8. The average Bonchev–Trinajstić information content (AvgIpc) is 3.09. The van der Waals surface area contributed by atoms with Crippen LogP contribution in [0.25, 0.3) is 11.1 Å². The van der Waals surface area contributed by atoms with E-state index in [-0.39, 0.29) is 12.5 Å². The summed E-state index contributed by atoms with van der Waals surface area (Å²) in [4.78, 5) is 46.2. The zero-order chi connectivity index (χ0) is 23.1. The van der Waals surface area contributed by atoms with Crippen molar-refractivity contribution in [2.45, 2.75) is 12.0 Å². The number of benzene rings is 2. The molecule has 1 unspecified atom stereocenters. The molecule has 2 aromatic rings. The second kappa shape index (κ2) is 10.4. The lowest BCUT2D eigenvalue weighted by molar-refractivity contribution is -0.143. The summed E-state index contributed by atoms with van der Waals surface area (Å²) in [6.07, 6.45) is -0.884. The number of ether oxygens (including phenoxy) is 2. The van der Waals surface area contributed by atoms with Gasteiger partial charge in [-0.2, -0.15) is 0 Å². The van der Waals surface area contributed by atoms with Crippen molar-refractivity contribution in [3.05, 3.63) is 59.7 Å². The largest absolute Gasteiger partial charge is 0.480 e. The van der Waals surface area contributed by atoms with Crippen molar-refractivity contribution in [3.8, 4) is 11.1 Å². The number of rotatable bonds is 10. The summed E-state index contributed by atoms with van der Waals surface area (Å²) in [6.45, 7) is -1.50. The Morgan fingerprint density at radius 1 is 1.00 bits per heavy atom. The molecule has 0 spiro atoms. The quantitative estimate of drug-likeness (QED) is 0.420. The van der Waals surface area contributed by atoms with Gasteiger partial charge in [0.2, 0.25) is 11.8 Å². The van der Waals surface area contributed by atoms with Gasteiger partial charge in [-0.25, -0.2) is 9.59 Å². The van der Waals surface area contributed by atoms with Crippen LogP contribution < -0.4 is 16.4 Å². The second-order valence-electron chi connectivity index (χ2n) is 7.12. The molecule has 10 nitrogen and oxygen atoms in total. The van der Waals surface area contributed by atoms with Crippen molar-refractivity contribution in [2.24, 2.45) is 5.73 Å². The molecule has 168 valence electrons. The van der Waals surface area contributed by atoms with Crippen LogP contribution in [0, 0.1) is 0 Å². The highest BCUT2D eigenvalue weighted by Gasteiger charge is 2.30. The van der Waals surface area contributed by atoms with E-state index in [1.807, 2.05) is 48.5 Å². The number of aliphatic carboxylic acids is 1. The highest BCUT2D eigenvalue weighted by atomic mass is 16.5. The molecule has 0 saturated carbocycles. The van der Waals surface area contributed by atoms with Crippen LogP contribution >= 0.6 is 0 Å². The Bertz CT molecular complexity index is 979. The fraction of sp³-hybridized carbons (Fsp3) is 0.273. The van der Waals surface area contributed by atoms with Crippen LogP contribution in [-0.4, -0.2) is 61.4 Å². The van der Waals surface area contributed by atoms with Crippen molar-refractivity contribution in [1.82, 2.24) is 10.6 Å². The van der Waals surface area contributed by atoms with Crippen LogP contribution in [0.5, 0.6) is 0 Å². The van der Waals surface area contributed by atoms with Crippen LogP contribution in [-0.2, 0) is 23.9 Å². The summed E-state index contributed by atoms with van der Waals surface area (Å²) < 4.78 is 10.3. The standard InChI is InChI=1S/C22H23N3O7/c23-19(26)9-24-21(29)18(11-31-12-20(27)28)25-22(30)32-10-17-15-7-3-1-5-13(15)14-6-2-4-8-16(14)17/h1-8,17-18H,9-12H2,(H2,23,26)(H,24,29)(H,25,30)(H,27,28). The van der Waals surface area contributed by atoms with Crippen LogP contribution in [0.15, 0.2) is 48.5 Å². The average molecular weight is 441 g/mol. The first-order valence-corrected chi connectivity index (χ1v) is 9.84. The molecule has 0 aromatic heterocycles. The Hall–Kier alpha value is -3.92. The molecular formula is C22H23N3O7. The van der Waals surface area contributed by atoms with Crippen LogP contribution in [0.1, 0.15) is 17.0 Å². The van der Waals surface area contributed by atoms with Crippen LogP contribution in [0.3, 0.4) is 0 Å². The summed E-state index contributed by atoms with van der Waals surface area (Å²) in [5, 5.41) is 13.3. The Morgan fingerprint density at radius 2 is 1.59 bits per heavy atom. The van der Waals surface area contributed by atoms with Crippen molar-refractivity contribution < 1.29 is 33.8 Å². The lowest BCUT2D eigenvalue weighted by atomic mass is 9.98. The number of fused-ring (bicyclic) bond motifs is 3. The van der Waals surface area contributed by atoms with E-state index in [1.54, 1.807) is 0 Å². The molecule has 0 aliphatic heterocycles. The van der Waals surface area contributed by atoms with Gasteiger partial charge in [-0.05, 0) is 22.3 Å². The minimum Gasteiger partial charge on any atom is -0.480 e. The predicted molar refractivity (Wildman–Crippen MR) is 113 cm³/mol. The van der Waals surface area contributed by atoms with Gasteiger partial charge in [-0.3, -0.25) is 9.59 Å². The second-order valence-corrected chi connectivity index (χ2v) is 7.12. The number of amides is 3. The van der Waals surface area contributed by atoms with E-state index in [2.05, 4.69) is 10.6 Å².